The van der Waals surface area contributed by atoms with Gasteiger partial charge in [-0.15, -0.1) is 0 Å². The second-order valence-corrected chi connectivity index (χ2v) is 5.48. The van der Waals surface area contributed by atoms with Gasteiger partial charge in [-0.1, -0.05) is 54.6 Å². The molecule has 2 aromatic rings. The first-order valence-electron chi connectivity index (χ1n) is 7.42. The van der Waals surface area contributed by atoms with E-state index in [4.69, 9.17) is 5.73 Å². The van der Waals surface area contributed by atoms with Crippen LogP contribution < -0.4 is 5.73 Å². The molecule has 2 N–H and O–H groups in total. The number of carbonyl (C=O) groups is 1. The molecule has 108 valence electrons. The monoisotopic (exact) mass is 280 g/mol. The highest BCUT2D eigenvalue weighted by molar-refractivity contribution is 5.83. The Hall–Kier alpha value is -2.13. The lowest BCUT2D eigenvalue weighted by Gasteiger charge is -2.24. The van der Waals surface area contributed by atoms with Crippen LogP contribution in [-0.2, 0) is 17.6 Å². The maximum Gasteiger partial charge on any atom is 0.244 e. The Morgan fingerprint density at radius 3 is 2.00 bits per heavy atom. The van der Waals surface area contributed by atoms with Crippen molar-refractivity contribution < 1.29 is 4.79 Å². The first-order valence-corrected chi connectivity index (χ1v) is 7.42. The molecule has 1 amide bonds. The maximum atomic E-state index is 12.6. The van der Waals surface area contributed by atoms with E-state index in [1.54, 1.807) is 0 Å². The lowest BCUT2D eigenvalue weighted by molar-refractivity contribution is -0.132. The topological polar surface area (TPSA) is 46.3 Å². The highest BCUT2D eigenvalue weighted by Gasteiger charge is 2.24. The third-order valence-electron chi connectivity index (χ3n) is 4.16. The van der Waals surface area contributed by atoms with E-state index >= 15 is 0 Å². The molecule has 1 aliphatic rings. The van der Waals surface area contributed by atoms with Crippen molar-refractivity contribution in [2.75, 3.05) is 13.1 Å². The molecule has 0 saturated heterocycles. The minimum absolute atomic E-state index is 0.0222. The summed E-state index contributed by atoms with van der Waals surface area (Å²) in [6.07, 6.45) is 1.81. The standard InChI is InChI=1S/C18H20N2O/c19-17(16-8-2-1-3-9-16)18(21)20-12-10-14-6-4-5-7-15(14)11-13-20/h1-9,17H,10-13,19H2/t17-/m1/s1. The Kier molecular flexibility index (Phi) is 4.02. The molecule has 1 atom stereocenters. The van der Waals surface area contributed by atoms with Crippen LogP contribution in [0.3, 0.4) is 0 Å². The normalized spacial score (nSPS) is 16.0. The zero-order valence-electron chi connectivity index (χ0n) is 12.0. The van der Waals surface area contributed by atoms with E-state index < -0.39 is 6.04 Å². The smallest absolute Gasteiger partial charge is 0.244 e. The molecule has 21 heavy (non-hydrogen) atoms. The Morgan fingerprint density at radius 1 is 0.905 bits per heavy atom. The van der Waals surface area contributed by atoms with Crippen LogP contribution in [0.15, 0.2) is 54.6 Å². The van der Waals surface area contributed by atoms with Crippen LogP contribution in [0, 0.1) is 0 Å². The lowest BCUT2D eigenvalue weighted by atomic mass is 10.0. The summed E-state index contributed by atoms with van der Waals surface area (Å²) < 4.78 is 0. The van der Waals surface area contributed by atoms with E-state index in [1.165, 1.54) is 11.1 Å². The molecule has 0 radical (unpaired) electrons. The molecule has 1 heterocycles. The van der Waals surface area contributed by atoms with Gasteiger partial charge >= 0.3 is 0 Å². The van der Waals surface area contributed by atoms with E-state index in [2.05, 4.69) is 24.3 Å². The molecule has 0 bridgehead atoms. The first-order chi connectivity index (χ1) is 10.3. The highest BCUT2D eigenvalue weighted by atomic mass is 16.2. The first kappa shape index (κ1) is 13.8. The van der Waals surface area contributed by atoms with Gasteiger partial charge in [0, 0.05) is 13.1 Å². The van der Waals surface area contributed by atoms with Crippen LogP contribution in [0.25, 0.3) is 0 Å². The van der Waals surface area contributed by atoms with Crippen LogP contribution in [0.1, 0.15) is 22.7 Å². The summed E-state index contributed by atoms with van der Waals surface area (Å²) in [6.45, 7) is 1.49. The number of carbonyl (C=O) groups excluding carboxylic acids is 1. The minimum Gasteiger partial charge on any atom is -0.340 e. The van der Waals surface area contributed by atoms with Crippen LogP contribution in [-0.4, -0.2) is 23.9 Å². The van der Waals surface area contributed by atoms with Gasteiger partial charge in [0.25, 0.3) is 0 Å². The van der Waals surface area contributed by atoms with E-state index in [9.17, 15) is 4.79 Å². The van der Waals surface area contributed by atoms with Crippen molar-refractivity contribution in [3.63, 3.8) is 0 Å². The van der Waals surface area contributed by atoms with E-state index in [1.807, 2.05) is 35.2 Å². The van der Waals surface area contributed by atoms with Crippen LogP contribution in [0.4, 0.5) is 0 Å². The Bertz CT molecular complexity index is 597. The summed E-state index contributed by atoms with van der Waals surface area (Å²) in [7, 11) is 0. The molecule has 0 unspecified atom stereocenters. The SMILES string of the molecule is N[C@@H](C(=O)N1CCc2ccccc2CC1)c1ccccc1. The summed E-state index contributed by atoms with van der Waals surface area (Å²) in [5.41, 5.74) is 9.71. The van der Waals surface area contributed by atoms with Gasteiger partial charge in [0.1, 0.15) is 6.04 Å². The van der Waals surface area contributed by atoms with E-state index in [0.717, 1.165) is 31.5 Å². The average Bonchev–Trinajstić information content (AvgIpc) is 2.77. The number of hydrogen-bond donors (Lipinski definition) is 1. The summed E-state index contributed by atoms with van der Waals surface area (Å²) in [6, 6.07) is 17.5. The van der Waals surface area contributed by atoms with Crippen LogP contribution in [0.2, 0.25) is 0 Å². The van der Waals surface area contributed by atoms with Gasteiger partial charge in [0.05, 0.1) is 0 Å². The minimum atomic E-state index is -0.563. The van der Waals surface area contributed by atoms with Crippen molar-refractivity contribution in [1.82, 2.24) is 4.90 Å². The molecule has 0 fully saturated rings. The van der Waals surface area contributed by atoms with Gasteiger partial charge in [-0.3, -0.25) is 4.79 Å². The Labute approximate surface area is 125 Å². The molecule has 3 heteroatoms. The largest absolute Gasteiger partial charge is 0.340 e. The van der Waals surface area contributed by atoms with Crippen molar-refractivity contribution in [2.45, 2.75) is 18.9 Å². The third kappa shape index (κ3) is 2.98. The predicted molar refractivity (Wildman–Crippen MR) is 83.8 cm³/mol. The number of benzene rings is 2. The van der Waals surface area contributed by atoms with Crippen molar-refractivity contribution in [3.05, 3.63) is 71.3 Å². The third-order valence-corrected chi connectivity index (χ3v) is 4.16. The number of rotatable bonds is 2. The molecule has 2 aromatic carbocycles. The average molecular weight is 280 g/mol. The predicted octanol–water partition coefficient (Wildman–Crippen LogP) is 2.31. The van der Waals surface area contributed by atoms with Gasteiger partial charge < -0.3 is 10.6 Å². The summed E-state index contributed by atoms with van der Waals surface area (Å²) in [5, 5.41) is 0. The van der Waals surface area contributed by atoms with Crippen molar-refractivity contribution >= 4 is 5.91 Å². The van der Waals surface area contributed by atoms with Crippen molar-refractivity contribution in [2.24, 2.45) is 5.73 Å². The molecule has 0 aliphatic carbocycles. The molecular formula is C18H20N2O. The quantitative estimate of drug-likeness (QED) is 0.917. The van der Waals surface area contributed by atoms with Gasteiger partial charge in [-0.05, 0) is 29.5 Å². The van der Waals surface area contributed by atoms with Gasteiger partial charge in [0.15, 0.2) is 0 Å². The molecule has 3 rings (SSSR count). The number of amides is 1. The maximum absolute atomic E-state index is 12.6. The molecule has 0 saturated carbocycles. The summed E-state index contributed by atoms with van der Waals surface area (Å²) in [4.78, 5) is 14.5. The zero-order valence-corrected chi connectivity index (χ0v) is 12.0. The molecule has 3 nitrogen and oxygen atoms in total. The summed E-state index contributed by atoms with van der Waals surface area (Å²) in [5.74, 6) is 0.0222. The lowest BCUT2D eigenvalue weighted by Crippen LogP contribution is -2.40. The number of nitrogens with zero attached hydrogens (tertiary/aromatic N) is 1. The molecule has 0 aromatic heterocycles. The number of hydrogen-bond acceptors (Lipinski definition) is 2. The highest BCUT2D eigenvalue weighted by Crippen LogP contribution is 2.19. The zero-order chi connectivity index (χ0) is 14.7. The van der Waals surface area contributed by atoms with Crippen LogP contribution in [0.5, 0.6) is 0 Å². The second kappa shape index (κ2) is 6.10. The van der Waals surface area contributed by atoms with Crippen LogP contribution >= 0.6 is 0 Å². The van der Waals surface area contributed by atoms with Crippen molar-refractivity contribution in [3.8, 4) is 0 Å². The number of fused-ring (bicyclic) bond motifs is 1. The fourth-order valence-corrected chi connectivity index (χ4v) is 2.89. The number of nitrogens with two attached hydrogens (primary N) is 1. The Balaban J connectivity index is 1.72. The fraction of sp³-hybridized carbons (Fsp3) is 0.278. The van der Waals surface area contributed by atoms with Gasteiger partial charge in [0.2, 0.25) is 5.91 Å². The molecule has 0 spiro atoms. The Morgan fingerprint density at radius 2 is 1.43 bits per heavy atom. The second-order valence-electron chi connectivity index (χ2n) is 5.48. The van der Waals surface area contributed by atoms with Gasteiger partial charge in [-0.2, -0.15) is 0 Å². The van der Waals surface area contributed by atoms with Gasteiger partial charge in [-0.25, -0.2) is 0 Å². The van der Waals surface area contributed by atoms with E-state index in [0.29, 0.717) is 0 Å². The summed E-state index contributed by atoms with van der Waals surface area (Å²) >= 11 is 0. The fourth-order valence-electron chi connectivity index (χ4n) is 2.89. The molecular weight excluding hydrogens is 260 g/mol. The van der Waals surface area contributed by atoms with Crippen molar-refractivity contribution in [1.29, 1.82) is 0 Å². The van der Waals surface area contributed by atoms with E-state index in [-0.39, 0.29) is 5.91 Å². The molecule has 1 aliphatic heterocycles.